The van der Waals surface area contributed by atoms with E-state index < -0.39 is 5.97 Å². The summed E-state index contributed by atoms with van der Waals surface area (Å²) in [5, 5.41) is 9.05. The van der Waals surface area contributed by atoms with Gasteiger partial charge in [-0.15, -0.1) is 0 Å². The summed E-state index contributed by atoms with van der Waals surface area (Å²) in [7, 11) is 2.11. The van der Waals surface area contributed by atoms with Gasteiger partial charge in [-0.3, -0.25) is 4.79 Å². The van der Waals surface area contributed by atoms with Crippen LogP contribution in [0.25, 0.3) is 0 Å². The van der Waals surface area contributed by atoms with E-state index in [-0.39, 0.29) is 12.3 Å². The maximum atomic E-state index is 11.0. The normalized spacial score (nSPS) is 19.7. The van der Waals surface area contributed by atoms with Crippen molar-refractivity contribution in [2.24, 2.45) is 5.92 Å². The first-order valence-corrected chi connectivity index (χ1v) is 6.71. The van der Waals surface area contributed by atoms with Gasteiger partial charge in [0, 0.05) is 19.3 Å². The van der Waals surface area contributed by atoms with Crippen LogP contribution in [0.1, 0.15) is 36.3 Å². The zero-order valence-corrected chi connectivity index (χ0v) is 10.7. The standard InChI is InChI=1S/C15H19NO2/c1-16-7-6-12-8-11(4-5-14(12)16)13(9-15(17)18)10-2-3-10/h4-5,8,10,13H,2-3,6-7,9H2,1H3,(H,17,18). The lowest BCUT2D eigenvalue weighted by Gasteiger charge is -2.17. The van der Waals surface area contributed by atoms with Crippen molar-refractivity contribution in [1.82, 2.24) is 0 Å². The molecular weight excluding hydrogens is 226 g/mol. The molecule has 0 radical (unpaired) electrons. The number of hydrogen-bond acceptors (Lipinski definition) is 2. The summed E-state index contributed by atoms with van der Waals surface area (Å²) in [6, 6.07) is 6.53. The number of fused-ring (bicyclic) bond motifs is 1. The Morgan fingerprint density at radius 3 is 2.94 bits per heavy atom. The highest BCUT2D eigenvalue weighted by Gasteiger charge is 2.34. The number of aliphatic carboxylic acids is 1. The van der Waals surface area contributed by atoms with Crippen molar-refractivity contribution in [3.05, 3.63) is 29.3 Å². The van der Waals surface area contributed by atoms with Crippen molar-refractivity contribution < 1.29 is 9.90 Å². The molecule has 1 aliphatic heterocycles. The molecule has 0 saturated heterocycles. The van der Waals surface area contributed by atoms with Gasteiger partial charge >= 0.3 is 5.97 Å². The molecule has 1 aromatic carbocycles. The molecule has 1 saturated carbocycles. The molecule has 0 aromatic heterocycles. The van der Waals surface area contributed by atoms with Crippen LogP contribution in [0.4, 0.5) is 5.69 Å². The number of benzene rings is 1. The number of rotatable bonds is 4. The van der Waals surface area contributed by atoms with Crippen molar-refractivity contribution in [3.63, 3.8) is 0 Å². The second-order valence-electron chi connectivity index (χ2n) is 5.60. The first-order chi connectivity index (χ1) is 8.65. The fraction of sp³-hybridized carbons (Fsp3) is 0.533. The number of carbonyl (C=O) groups is 1. The molecule has 2 aliphatic rings. The molecule has 0 bridgehead atoms. The van der Waals surface area contributed by atoms with Crippen LogP contribution < -0.4 is 4.90 Å². The van der Waals surface area contributed by atoms with Gasteiger partial charge in [-0.2, -0.15) is 0 Å². The summed E-state index contributed by atoms with van der Waals surface area (Å²) in [5.41, 5.74) is 3.92. The number of hydrogen-bond donors (Lipinski definition) is 1. The minimum atomic E-state index is -0.676. The highest BCUT2D eigenvalue weighted by molar-refractivity contribution is 5.68. The van der Waals surface area contributed by atoms with Crippen molar-refractivity contribution in [2.75, 3.05) is 18.5 Å². The number of nitrogens with zero attached hydrogens (tertiary/aromatic N) is 1. The van der Waals surface area contributed by atoms with Gasteiger partial charge in [-0.05, 0) is 48.3 Å². The number of carboxylic acid groups (broad SMARTS) is 1. The van der Waals surface area contributed by atoms with E-state index in [2.05, 4.69) is 30.1 Å². The van der Waals surface area contributed by atoms with E-state index in [0.29, 0.717) is 5.92 Å². The largest absolute Gasteiger partial charge is 0.481 e. The summed E-state index contributed by atoms with van der Waals surface area (Å²) in [4.78, 5) is 13.3. The highest BCUT2D eigenvalue weighted by atomic mass is 16.4. The van der Waals surface area contributed by atoms with E-state index in [9.17, 15) is 4.79 Å². The first kappa shape index (κ1) is 11.6. The average molecular weight is 245 g/mol. The molecule has 3 nitrogen and oxygen atoms in total. The lowest BCUT2D eigenvalue weighted by molar-refractivity contribution is -0.137. The Morgan fingerprint density at radius 1 is 1.50 bits per heavy atom. The van der Waals surface area contributed by atoms with Crippen LogP contribution in [0, 0.1) is 5.92 Å². The van der Waals surface area contributed by atoms with Crippen LogP contribution in [0.3, 0.4) is 0 Å². The minimum Gasteiger partial charge on any atom is -0.481 e. The van der Waals surface area contributed by atoms with Gasteiger partial charge in [-0.25, -0.2) is 0 Å². The second kappa shape index (κ2) is 4.30. The third-order valence-electron chi connectivity index (χ3n) is 4.25. The summed E-state index contributed by atoms with van der Waals surface area (Å²) in [5.74, 6) is 0.140. The number of likely N-dealkylation sites (N-methyl/N-ethyl adjacent to an activating group) is 1. The number of carboxylic acids is 1. The number of anilines is 1. The Balaban J connectivity index is 1.88. The Labute approximate surface area is 107 Å². The molecule has 3 heteroatoms. The summed E-state index contributed by atoms with van der Waals surface area (Å²) in [6.45, 7) is 1.08. The molecule has 1 N–H and O–H groups in total. The predicted molar refractivity (Wildman–Crippen MR) is 71.1 cm³/mol. The first-order valence-electron chi connectivity index (χ1n) is 6.71. The van der Waals surface area contributed by atoms with E-state index in [1.54, 1.807) is 0 Å². The quantitative estimate of drug-likeness (QED) is 0.886. The summed E-state index contributed by atoms with van der Waals surface area (Å²) in [6.07, 6.45) is 3.74. The second-order valence-corrected chi connectivity index (χ2v) is 5.60. The maximum Gasteiger partial charge on any atom is 0.303 e. The highest BCUT2D eigenvalue weighted by Crippen LogP contribution is 2.45. The Morgan fingerprint density at radius 2 is 2.28 bits per heavy atom. The lowest BCUT2D eigenvalue weighted by Crippen LogP contribution is -2.12. The van der Waals surface area contributed by atoms with E-state index >= 15 is 0 Å². The van der Waals surface area contributed by atoms with Gasteiger partial charge in [0.15, 0.2) is 0 Å². The molecule has 0 spiro atoms. The smallest absolute Gasteiger partial charge is 0.303 e. The maximum absolute atomic E-state index is 11.0. The summed E-state index contributed by atoms with van der Waals surface area (Å²) < 4.78 is 0. The lowest BCUT2D eigenvalue weighted by atomic mass is 9.89. The van der Waals surface area contributed by atoms with Gasteiger partial charge in [0.25, 0.3) is 0 Å². The van der Waals surface area contributed by atoms with E-state index in [1.807, 2.05) is 0 Å². The van der Waals surface area contributed by atoms with E-state index in [0.717, 1.165) is 13.0 Å². The van der Waals surface area contributed by atoms with Crippen LogP contribution in [-0.4, -0.2) is 24.7 Å². The molecule has 1 unspecified atom stereocenters. The molecule has 1 fully saturated rings. The fourth-order valence-electron chi connectivity index (χ4n) is 3.06. The predicted octanol–water partition coefficient (Wildman–Crippen LogP) is 2.65. The van der Waals surface area contributed by atoms with Gasteiger partial charge in [0.05, 0.1) is 6.42 Å². The Bertz CT molecular complexity index is 479. The van der Waals surface area contributed by atoms with Gasteiger partial charge in [0.2, 0.25) is 0 Å². The molecule has 0 amide bonds. The minimum absolute atomic E-state index is 0.221. The van der Waals surface area contributed by atoms with E-state index in [4.69, 9.17) is 5.11 Å². The SMILES string of the molecule is CN1CCc2cc(C(CC(=O)O)C3CC3)ccc21. The van der Waals surface area contributed by atoms with Crippen LogP contribution in [0.5, 0.6) is 0 Å². The van der Waals surface area contributed by atoms with Crippen LogP contribution in [0.2, 0.25) is 0 Å². The molecule has 3 rings (SSSR count). The molecular formula is C15H19NO2. The van der Waals surface area contributed by atoms with Crippen molar-refractivity contribution in [2.45, 2.75) is 31.6 Å². The van der Waals surface area contributed by atoms with Crippen LogP contribution in [0.15, 0.2) is 18.2 Å². The molecule has 1 aliphatic carbocycles. The van der Waals surface area contributed by atoms with Crippen molar-refractivity contribution in [3.8, 4) is 0 Å². The average Bonchev–Trinajstić information content (AvgIpc) is 3.11. The third-order valence-corrected chi connectivity index (χ3v) is 4.25. The van der Waals surface area contributed by atoms with Crippen molar-refractivity contribution in [1.29, 1.82) is 0 Å². The topological polar surface area (TPSA) is 40.5 Å². The molecule has 1 heterocycles. The molecule has 96 valence electrons. The molecule has 18 heavy (non-hydrogen) atoms. The fourth-order valence-corrected chi connectivity index (χ4v) is 3.06. The van der Waals surface area contributed by atoms with Gasteiger partial charge in [0.1, 0.15) is 0 Å². The Hall–Kier alpha value is -1.51. The van der Waals surface area contributed by atoms with E-state index in [1.165, 1.54) is 29.7 Å². The molecule has 1 atom stereocenters. The zero-order chi connectivity index (χ0) is 12.7. The third kappa shape index (κ3) is 2.09. The van der Waals surface area contributed by atoms with Gasteiger partial charge < -0.3 is 10.0 Å². The van der Waals surface area contributed by atoms with Crippen LogP contribution >= 0.6 is 0 Å². The monoisotopic (exact) mass is 245 g/mol. The zero-order valence-electron chi connectivity index (χ0n) is 10.7. The van der Waals surface area contributed by atoms with Crippen LogP contribution in [-0.2, 0) is 11.2 Å². The molecule has 1 aromatic rings. The van der Waals surface area contributed by atoms with Gasteiger partial charge in [-0.1, -0.05) is 12.1 Å². The van der Waals surface area contributed by atoms with Crippen molar-refractivity contribution >= 4 is 11.7 Å². The Kier molecular flexibility index (Phi) is 2.77. The summed E-state index contributed by atoms with van der Waals surface area (Å²) >= 11 is 0.